The summed E-state index contributed by atoms with van der Waals surface area (Å²) < 4.78 is 5.05. The first kappa shape index (κ1) is 14.8. The summed E-state index contributed by atoms with van der Waals surface area (Å²) in [5.41, 5.74) is -0.873. The summed E-state index contributed by atoms with van der Waals surface area (Å²) in [6, 6.07) is 8.26. The molecule has 2 rings (SSSR count). The molecule has 1 fully saturated rings. The lowest BCUT2D eigenvalue weighted by Crippen LogP contribution is -2.53. The van der Waals surface area contributed by atoms with Gasteiger partial charge in [-0.25, -0.2) is 19.3 Å². The minimum Gasteiger partial charge on any atom is -0.479 e. The zero-order chi connectivity index (χ0) is 15.6. The molecule has 1 aromatic carbocycles. The van der Waals surface area contributed by atoms with E-state index in [1.165, 1.54) is 18.9 Å². The van der Waals surface area contributed by atoms with E-state index in [2.05, 4.69) is 0 Å². The summed E-state index contributed by atoms with van der Waals surface area (Å²) >= 11 is 0. The zero-order valence-corrected chi connectivity index (χ0v) is 11.8. The van der Waals surface area contributed by atoms with Crippen LogP contribution in [0.5, 0.6) is 0 Å². The first-order chi connectivity index (χ1) is 9.86. The van der Waals surface area contributed by atoms with Gasteiger partial charge in [-0.05, 0) is 12.5 Å². The number of nitrogens with zero attached hydrogens (tertiary/aromatic N) is 2. The smallest absolute Gasteiger partial charge is 0.419 e. The summed E-state index contributed by atoms with van der Waals surface area (Å²) in [4.78, 5) is 37.3. The van der Waals surface area contributed by atoms with Crippen LogP contribution in [0.15, 0.2) is 30.3 Å². The molecular weight excluding hydrogens is 276 g/mol. The van der Waals surface area contributed by atoms with Crippen LogP contribution in [0.25, 0.3) is 0 Å². The van der Waals surface area contributed by atoms with Gasteiger partial charge in [-0.15, -0.1) is 0 Å². The maximum absolute atomic E-state index is 12.1. The monoisotopic (exact) mass is 292 g/mol. The van der Waals surface area contributed by atoms with E-state index >= 15 is 0 Å². The molecule has 0 bridgehead atoms. The summed E-state index contributed by atoms with van der Waals surface area (Å²) in [5, 5.41) is 9.28. The van der Waals surface area contributed by atoms with Gasteiger partial charge in [0.1, 0.15) is 6.61 Å². The summed E-state index contributed by atoms with van der Waals surface area (Å²) in [7, 11) is 1.44. The van der Waals surface area contributed by atoms with Crippen LogP contribution in [0.1, 0.15) is 12.5 Å². The van der Waals surface area contributed by atoms with E-state index in [0.29, 0.717) is 4.90 Å². The van der Waals surface area contributed by atoms with Crippen molar-refractivity contribution in [2.45, 2.75) is 19.1 Å². The van der Waals surface area contributed by atoms with E-state index in [1.807, 2.05) is 6.07 Å². The topological polar surface area (TPSA) is 87.2 Å². The number of carbonyl (C=O) groups excluding carboxylic acids is 2. The minimum absolute atomic E-state index is 0.0249. The van der Waals surface area contributed by atoms with Crippen LogP contribution in [0.2, 0.25) is 0 Å². The van der Waals surface area contributed by atoms with Gasteiger partial charge < -0.3 is 14.7 Å². The Bertz CT molecular complexity index is 574. The molecule has 21 heavy (non-hydrogen) atoms. The van der Waals surface area contributed by atoms with Crippen molar-refractivity contribution in [3.63, 3.8) is 0 Å². The average Bonchev–Trinajstić information content (AvgIpc) is 2.69. The highest BCUT2D eigenvalue weighted by molar-refractivity contribution is 6.00. The molecule has 0 radical (unpaired) electrons. The third-order valence-corrected chi connectivity index (χ3v) is 3.40. The highest BCUT2D eigenvalue weighted by Gasteiger charge is 2.54. The number of aliphatic carboxylic acids is 1. The normalized spacial score (nSPS) is 21.5. The molecule has 1 aliphatic rings. The third-order valence-electron chi connectivity index (χ3n) is 3.40. The van der Waals surface area contributed by atoms with Crippen LogP contribution in [-0.4, -0.2) is 52.1 Å². The number of hydrogen-bond acceptors (Lipinski definition) is 4. The molecule has 1 atom stereocenters. The second-order valence-electron chi connectivity index (χ2n) is 5.09. The van der Waals surface area contributed by atoms with Gasteiger partial charge in [0.15, 0.2) is 5.54 Å². The van der Waals surface area contributed by atoms with Crippen LogP contribution in [0, 0.1) is 0 Å². The summed E-state index contributed by atoms with van der Waals surface area (Å²) in [5.74, 6) is -1.25. The highest BCUT2D eigenvalue weighted by atomic mass is 16.6. The molecule has 0 aromatic heterocycles. The quantitative estimate of drug-likeness (QED) is 0.913. The first-order valence-electron chi connectivity index (χ1n) is 6.35. The number of carbonyl (C=O) groups is 3. The van der Waals surface area contributed by atoms with Crippen LogP contribution >= 0.6 is 0 Å². The number of rotatable bonds is 3. The molecule has 0 spiro atoms. The lowest BCUT2D eigenvalue weighted by molar-refractivity contribution is -0.146. The second kappa shape index (κ2) is 5.43. The Labute approximate surface area is 121 Å². The highest BCUT2D eigenvalue weighted by Crippen LogP contribution is 2.27. The van der Waals surface area contributed by atoms with E-state index in [-0.39, 0.29) is 13.2 Å². The van der Waals surface area contributed by atoms with Crippen molar-refractivity contribution in [1.29, 1.82) is 0 Å². The molecule has 7 heteroatoms. The number of benzene rings is 1. The molecule has 3 amide bonds. The number of carboxylic acid groups (broad SMARTS) is 1. The van der Waals surface area contributed by atoms with E-state index < -0.39 is 23.6 Å². The predicted octanol–water partition coefficient (Wildman–Crippen LogP) is 1.53. The Morgan fingerprint density at radius 3 is 2.52 bits per heavy atom. The number of amides is 3. The lowest BCUT2D eigenvalue weighted by atomic mass is 10.0. The van der Waals surface area contributed by atoms with Crippen molar-refractivity contribution in [3.05, 3.63) is 35.9 Å². The molecule has 1 heterocycles. The van der Waals surface area contributed by atoms with Gasteiger partial charge in [-0.1, -0.05) is 30.3 Å². The maximum atomic E-state index is 12.1. The van der Waals surface area contributed by atoms with Gasteiger partial charge in [-0.3, -0.25) is 0 Å². The average molecular weight is 292 g/mol. The standard InChI is InChI=1S/C14H16N2O5/c1-14(11(17)18)9-15(2)12(19)16(14)13(20)21-8-10-6-4-3-5-7-10/h3-7H,8-9H2,1-2H3,(H,17,18). The van der Waals surface area contributed by atoms with Gasteiger partial charge in [0, 0.05) is 7.05 Å². The second-order valence-corrected chi connectivity index (χ2v) is 5.09. The molecular formula is C14H16N2O5. The number of likely N-dealkylation sites (N-methyl/N-ethyl adjacent to an activating group) is 1. The predicted molar refractivity (Wildman–Crippen MR) is 72.5 cm³/mol. The molecule has 0 saturated carbocycles. The number of ether oxygens (including phenoxy) is 1. The fourth-order valence-corrected chi connectivity index (χ4v) is 2.21. The molecule has 7 nitrogen and oxygen atoms in total. The Kier molecular flexibility index (Phi) is 3.84. The zero-order valence-electron chi connectivity index (χ0n) is 11.8. The van der Waals surface area contributed by atoms with Gasteiger partial charge >= 0.3 is 18.1 Å². The fourth-order valence-electron chi connectivity index (χ4n) is 2.21. The van der Waals surface area contributed by atoms with Crippen molar-refractivity contribution in [1.82, 2.24) is 9.80 Å². The Balaban J connectivity index is 2.13. The lowest BCUT2D eigenvalue weighted by Gasteiger charge is -2.26. The molecule has 1 saturated heterocycles. The molecule has 1 unspecified atom stereocenters. The first-order valence-corrected chi connectivity index (χ1v) is 6.35. The number of urea groups is 1. The van der Waals surface area contributed by atoms with Crippen molar-refractivity contribution in [2.24, 2.45) is 0 Å². The fraction of sp³-hybridized carbons (Fsp3) is 0.357. The van der Waals surface area contributed by atoms with E-state index in [1.54, 1.807) is 24.3 Å². The van der Waals surface area contributed by atoms with Gasteiger partial charge in [-0.2, -0.15) is 0 Å². The molecule has 1 aromatic rings. The van der Waals surface area contributed by atoms with Crippen molar-refractivity contribution in [2.75, 3.05) is 13.6 Å². The number of imide groups is 1. The van der Waals surface area contributed by atoms with Crippen LogP contribution in [0.4, 0.5) is 9.59 Å². The Morgan fingerprint density at radius 1 is 1.33 bits per heavy atom. The summed E-state index contributed by atoms with van der Waals surface area (Å²) in [6.45, 7) is 1.21. The minimum atomic E-state index is -1.63. The maximum Gasteiger partial charge on any atom is 0.419 e. The Hall–Kier alpha value is -2.57. The molecule has 1 aliphatic heterocycles. The van der Waals surface area contributed by atoms with E-state index in [9.17, 15) is 19.5 Å². The van der Waals surface area contributed by atoms with Gasteiger partial charge in [0.05, 0.1) is 6.54 Å². The van der Waals surface area contributed by atoms with Crippen molar-refractivity contribution < 1.29 is 24.2 Å². The summed E-state index contributed by atoms with van der Waals surface area (Å²) in [6.07, 6.45) is -0.960. The van der Waals surface area contributed by atoms with Crippen LogP contribution in [0.3, 0.4) is 0 Å². The SMILES string of the molecule is CN1CC(C)(C(=O)O)N(C(=O)OCc2ccccc2)C1=O. The van der Waals surface area contributed by atoms with E-state index in [4.69, 9.17) is 4.74 Å². The molecule has 0 aliphatic carbocycles. The van der Waals surface area contributed by atoms with Crippen molar-refractivity contribution >= 4 is 18.1 Å². The van der Waals surface area contributed by atoms with Crippen molar-refractivity contribution in [3.8, 4) is 0 Å². The molecule has 1 N–H and O–H groups in total. The molecule has 112 valence electrons. The third kappa shape index (κ3) is 2.67. The van der Waals surface area contributed by atoms with Gasteiger partial charge in [0.2, 0.25) is 0 Å². The van der Waals surface area contributed by atoms with Crippen LogP contribution < -0.4 is 0 Å². The van der Waals surface area contributed by atoms with Crippen LogP contribution in [-0.2, 0) is 16.1 Å². The Morgan fingerprint density at radius 2 is 1.95 bits per heavy atom. The number of carboxylic acids is 1. The number of hydrogen-bond donors (Lipinski definition) is 1. The van der Waals surface area contributed by atoms with Gasteiger partial charge in [0.25, 0.3) is 0 Å². The van der Waals surface area contributed by atoms with E-state index in [0.717, 1.165) is 5.56 Å². The largest absolute Gasteiger partial charge is 0.479 e.